The standard InChI is InChI=1S/C22H19NO2/c1-2-25-19-13-14-22(24)20(15-19)21(17-9-5-3-6-10-17)16-23-18-11-7-4-8-12-18/h3-15,24H,2H2,1H3. The maximum absolute atomic E-state index is 10.4. The lowest BCUT2D eigenvalue weighted by Crippen LogP contribution is -1.94. The number of phenolic OH excluding ortho intramolecular Hbond substituents is 1. The molecule has 0 heterocycles. The molecule has 124 valence electrons. The van der Waals surface area contributed by atoms with Crippen LogP contribution in [0.1, 0.15) is 18.1 Å². The normalized spacial score (nSPS) is 9.96. The van der Waals surface area contributed by atoms with Gasteiger partial charge in [-0.1, -0.05) is 48.5 Å². The van der Waals surface area contributed by atoms with Crippen LogP contribution >= 0.6 is 0 Å². The van der Waals surface area contributed by atoms with Crippen LogP contribution in [0.5, 0.6) is 11.5 Å². The Hall–Kier alpha value is -3.29. The van der Waals surface area contributed by atoms with Gasteiger partial charge in [0.25, 0.3) is 0 Å². The summed E-state index contributed by atoms with van der Waals surface area (Å²) in [6.07, 6.45) is 0. The first-order chi connectivity index (χ1) is 12.3. The Morgan fingerprint density at radius 3 is 2.32 bits per heavy atom. The molecule has 0 atom stereocenters. The van der Waals surface area contributed by atoms with Crippen LogP contribution in [0.2, 0.25) is 0 Å². The molecule has 3 heteroatoms. The van der Waals surface area contributed by atoms with E-state index in [1.54, 1.807) is 12.1 Å². The summed E-state index contributed by atoms with van der Waals surface area (Å²) in [5.74, 6) is 3.97. The average molecular weight is 329 g/mol. The molecule has 25 heavy (non-hydrogen) atoms. The van der Waals surface area contributed by atoms with E-state index in [9.17, 15) is 5.11 Å². The summed E-state index contributed by atoms with van der Waals surface area (Å²) < 4.78 is 5.57. The fraction of sp³-hybridized carbons (Fsp3) is 0.0909. The van der Waals surface area contributed by atoms with E-state index >= 15 is 0 Å². The third-order valence-corrected chi connectivity index (χ3v) is 3.66. The number of aliphatic imine (C=N–C) groups is 1. The van der Waals surface area contributed by atoms with E-state index in [2.05, 4.69) is 10.9 Å². The number of nitrogens with zero attached hydrogens (tertiary/aromatic N) is 1. The molecule has 0 aliphatic heterocycles. The lowest BCUT2D eigenvalue weighted by atomic mass is 9.98. The first-order valence-electron chi connectivity index (χ1n) is 8.18. The number of rotatable bonds is 5. The molecule has 0 aromatic heterocycles. The number of para-hydroxylation sites is 1. The highest BCUT2D eigenvalue weighted by molar-refractivity contribution is 6.01. The Morgan fingerprint density at radius 1 is 0.960 bits per heavy atom. The highest BCUT2D eigenvalue weighted by Crippen LogP contribution is 2.32. The Kier molecular flexibility index (Phi) is 5.30. The quantitative estimate of drug-likeness (QED) is 0.652. The molecule has 0 saturated carbocycles. The predicted molar refractivity (Wildman–Crippen MR) is 102 cm³/mol. The third kappa shape index (κ3) is 4.17. The van der Waals surface area contributed by atoms with E-state index in [-0.39, 0.29) is 5.75 Å². The minimum Gasteiger partial charge on any atom is -0.507 e. The summed E-state index contributed by atoms with van der Waals surface area (Å²) in [6.45, 7) is 2.49. The monoisotopic (exact) mass is 329 g/mol. The number of aromatic hydroxyl groups is 1. The van der Waals surface area contributed by atoms with Crippen LogP contribution < -0.4 is 4.74 Å². The average Bonchev–Trinajstić information content (AvgIpc) is 2.66. The first-order valence-corrected chi connectivity index (χ1v) is 8.18. The van der Waals surface area contributed by atoms with Crippen molar-refractivity contribution in [3.8, 4) is 11.5 Å². The third-order valence-electron chi connectivity index (χ3n) is 3.66. The second kappa shape index (κ2) is 8.00. The number of hydrogen-bond donors (Lipinski definition) is 1. The molecule has 0 aliphatic rings. The fourth-order valence-electron chi connectivity index (χ4n) is 2.48. The smallest absolute Gasteiger partial charge is 0.124 e. The molecule has 3 aromatic rings. The molecule has 3 nitrogen and oxygen atoms in total. The van der Waals surface area contributed by atoms with Crippen molar-refractivity contribution in [3.63, 3.8) is 0 Å². The highest BCUT2D eigenvalue weighted by atomic mass is 16.5. The van der Waals surface area contributed by atoms with Gasteiger partial charge in [0.05, 0.1) is 17.9 Å². The number of benzene rings is 3. The van der Waals surface area contributed by atoms with Gasteiger partial charge in [-0.05, 0) is 48.7 Å². The maximum atomic E-state index is 10.4. The molecule has 0 spiro atoms. The van der Waals surface area contributed by atoms with Crippen LogP contribution in [0.25, 0.3) is 5.57 Å². The molecule has 1 N–H and O–H groups in total. The molecule has 0 fully saturated rings. The van der Waals surface area contributed by atoms with Crippen LogP contribution in [0, 0.1) is 0 Å². The van der Waals surface area contributed by atoms with Crippen LogP contribution in [-0.4, -0.2) is 17.6 Å². The highest BCUT2D eigenvalue weighted by Gasteiger charge is 2.11. The van der Waals surface area contributed by atoms with Crippen LogP contribution in [0.15, 0.2) is 83.9 Å². The van der Waals surface area contributed by atoms with Crippen LogP contribution in [-0.2, 0) is 0 Å². The first kappa shape index (κ1) is 16.6. The van der Waals surface area contributed by atoms with Crippen LogP contribution in [0.4, 0.5) is 5.69 Å². The van der Waals surface area contributed by atoms with E-state index in [1.807, 2.05) is 73.7 Å². The summed E-state index contributed by atoms with van der Waals surface area (Å²) in [4.78, 5) is 4.44. The molecule has 0 bridgehead atoms. The van der Waals surface area contributed by atoms with Crippen LogP contribution in [0.3, 0.4) is 0 Å². The van der Waals surface area contributed by atoms with Crippen molar-refractivity contribution in [2.45, 2.75) is 6.92 Å². The minimum absolute atomic E-state index is 0.165. The minimum atomic E-state index is 0.165. The summed E-state index contributed by atoms with van der Waals surface area (Å²) >= 11 is 0. The second-order valence-corrected chi connectivity index (χ2v) is 5.41. The van der Waals surface area contributed by atoms with E-state index in [4.69, 9.17) is 4.74 Å². The van der Waals surface area contributed by atoms with Crippen molar-refractivity contribution in [1.29, 1.82) is 0 Å². The zero-order valence-electron chi connectivity index (χ0n) is 14.0. The van der Waals surface area contributed by atoms with Gasteiger partial charge in [-0.3, -0.25) is 0 Å². The SMILES string of the molecule is CCOc1ccc(O)c(C(=C=Nc2ccccc2)c2ccccc2)c1. The maximum Gasteiger partial charge on any atom is 0.124 e. The topological polar surface area (TPSA) is 41.8 Å². The number of ether oxygens (including phenoxy) is 1. The molecule has 0 aliphatic carbocycles. The molecule has 3 rings (SSSR count). The van der Waals surface area contributed by atoms with Gasteiger partial charge < -0.3 is 9.84 Å². The van der Waals surface area contributed by atoms with Gasteiger partial charge >= 0.3 is 0 Å². The van der Waals surface area contributed by atoms with Crippen molar-refractivity contribution < 1.29 is 9.84 Å². The van der Waals surface area contributed by atoms with Gasteiger partial charge in [0.1, 0.15) is 11.5 Å². The number of phenols is 1. The lowest BCUT2D eigenvalue weighted by molar-refractivity contribution is 0.339. The zero-order chi connectivity index (χ0) is 17.5. The van der Waals surface area contributed by atoms with Crippen molar-refractivity contribution in [2.75, 3.05) is 6.61 Å². The summed E-state index contributed by atoms with van der Waals surface area (Å²) in [5, 5.41) is 10.4. The summed E-state index contributed by atoms with van der Waals surface area (Å²) in [6, 6.07) is 24.6. The van der Waals surface area contributed by atoms with Gasteiger partial charge in [-0.15, -0.1) is 0 Å². The van der Waals surface area contributed by atoms with Crippen molar-refractivity contribution in [2.24, 2.45) is 4.99 Å². The van der Waals surface area contributed by atoms with Gasteiger partial charge in [0.15, 0.2) is 0 Å². The van der Waals surface area contributed by atoms with Gasteiger partial charge in [0.2, 0.25) is 0 Å². The molecule has 0 radical (unpaired) electrons. The Labute approximate surface area is 147 Å². The number of hydrogen-bond acceptors (Lipinski definition) is 3. The van der Waals surface area contributed by atoms with Crippen molar-refractivity contribution in [1.82, 2.24) is 0 Å². The fourth-order valence-corrected chi connectivity index (χ4v) is 2.48. The largest absolute Gasteiger partial charge is 0.507 e. The molecule has 3 aromatic carbocycles. The molecule has 0 amide bonds. The van der Waals surface area contributed by atoms with E-state index in [0.29, 0.717) is 23.5 Å². The Balaban J connectivity index is 2.16. The summed E-state index contributed by atoms with van der Waals surface area (Å²) in [7, 11) is 0. The Morgan fingerprint density at radius 2 is 1.64 bits per heavy atom. The van der Waals surface area contributed by atoms with Gasteiger partial charge in [0, 0.05) is 5.56 Å². The van der Waals surface area contributed by atoms with E-state index < -0.39 is 0 Å². The molecular formula is C22H19NO2. The van der Waals surface area contributed by atoms with Gasteiger partial charge in [-0.2, -0.15) is 0 Å². The zero-order valence-corrected chi connectivity index (χ0v) is 14.0. The lowest BCUT2D eigenvalue weighted by Gasteiger charge is -2.10. The molecule has 0 saturated heterocycles. The van der Waals surface area contributed by atoms with Gasteiger partial charge in [-0.25, -0.2) is 4.99 Å². The molecule has 0 unspecified atom stereocenters. The molecular weight excluding hydrogens is 310 g/mol. The predicted octanol–water partition coefficient (Wildman–Crippen LogP) is 5.22. The van der Waals surface area contributed by atoms with E-state index in [1.165, 1.54) is 0 Å². The Bertz CT molecular complexity index is 896. The summed E-state index contributed by atoms with van der Waals surface area (Å²) in [5.41, 5.74) is 3.07. The second-order valence-electron chi connectivity index (χ2n) is 5.41. The van der Waals surface area contributed by atoms with Crippen molar-refractivity contribution >= 4 is 17.1 Å². The van der Waals surface area contributed by atoms with Crippen molar-refractivity contribution in [3.05, 3.63) is 90.0 Å². The van der Waals surface area contributed by atoms with E-state index in [0.717, 1.165) is 11.3 Å².